The summed E-state index contributed by atoms with van der Waals surface area (Å²) in [6.07, 6.45) is 5.38. The summed E-state index contributed by atoms with van der Waals surface area (Å²) in [7, 11) is -1.58. The first-order valence-electron chi connectivity index (χ1n) is 8.56. The van der Waals surface area contributed by atoms with Gasteiger partial charge in [-0.15, -0.1) is 0 Å². The fraction of sp³-hybridized carbons (Fsp3) is 0.444. The van der Waals surface area contributed by atoms with Crippen LogP contribution < -0.4 is 10.1 Å². The number of benzene rings is 1. The number of piperidine rings is 1. The lowest BCUT2D eigenvalue weighted by molar-refractivity contribution is 0.171. The van der Waals surface area contributed by atoms with Gasteiger partial charge in [0.25, 0.3) is 0 Å². The second-order valence-corrected chi connectivity index (χ2v) is 8.77. The molecule has 0 aliphatic carbocycles. The molecule has 7 nitrogen and oxygen atoms in total. The zero-order valence-electron chi connectivity index (χ0n) is 14.9. The van der Waals surface area contributed by atoms with Crippen LogP contribution in [0.4, 0.5) is 10.5 Å². The summed E-state index contributed by atoms with van der Waals surface area (Å²) in [5, 5.41) is 3.69. The van der Waals surface area contributed by atoms with Crippen molar-refractivity contribution in [2.75, 3.05) is 31.0 Å². The van der Waals surface area contributed by atoms with E-state index >= 15 is 0 Å². The van der Waals surface area contributed by atoms with E-state index < -0.39 is 9.84 Å². The number of amides is 2. The van der Waals surface area contributed by atoms with Crippen LogP contribution in [0.5, 0.6) is 5.75 Å². The summed E-state index contributed by atoms with van der Waals surface area (Å²) in [6.45, 7) is 0.554. The van der Waals surface area contributed by atoms with Crippen LogP contribution in [-0.4, -0.2) is 56.0 Å². The highest BCUT2D eigenvalue weighted by Crippen LogP contribution is 2.30. The quantitative estimate of drug-likeness (QED) is 0.885. The molecule has 0 saturated carbocycles. The summed E-state index contributed by atoms with van der Waals surface area (Å²) in [5.41, 5.74) is 1.29. The minimum atomic E-state index is -3.15. The smallest absolute Gasteiger partial charge is 0.322 e. The van der Waals surface area contributed by atoms with Gasteiger partial charge in [0.15, 0.2) is 0 Å². The normalized spacial score (nSPS) is 17.9. The predicted molar refractivity (Wildman–Crippen MR) is 101 cm³/mol. The number of carbonyl (C=O) groups excluding carboxylic acids is 1. The van der Waals surface area contributed by atoms with Crippen molar-refractivity contribution in [2.45, 2.75) is 25.3 Å². The van der Waals surface area contributed by atoms with E-state index in [2.05, 4.69) is 10.3 Å². The van der Waals surface area contributed by atoms with E-state index in [4.69, 9.17) is 4.74 Å². The van der Waals surface area contributed by atoms with Crippen molar-refractivity contribution in [1.82, 2.24) is 9.88 Å². The Morgan fingerprint density at radius 2 is 2.15 bits per heavy atom. The number of likely N-dealkylation sites (tertiary alicyclic amines) is 1. The molecule has 1 saturated heterocycles. The fourth-order valence-corrected chi connectivity index (χ4v) is 4.44. The van der Waals surface area contributed by atoms with Crippen LogP contribution in [0.1, 0.15) is 19.3 Å². The predicted octanol–water partition coefficient (Wildman–Crippen LogP) is 2.67. The molecular weight excluding hydrogens is 354 g/mol. The Morgan fingerprint density at radius 3 is 2.88 bits per heavy atom. The number of methoxy groups -OCH3 is 1. The van der Waals surface area contributed by atoms with Crippen LogP contribution >= 0.6 is 0 Å². The highest BCUT2D eigenvalue weighted by atomic mass is 32.2. The van der Waals surface area contributed by atoms with Crippen LogP contribution in [0.25, 0.3) is 10.9 Å². The number of hydrogen-bond donors (Lipinski definition) is 1. The summed E-state index contributed by atoms with van der Waals surface area (Å²) in [4.78, 5) is 18.8. The van der Waals surface area contributed by atoms with E-state index in [1.54, 1.807) is 36.4 Å². The van der Waals surface area contributed by atoms with Gasteiger partial charge in [-0.2, -0.15) is 0 Å². The number of hydrogen-bond acceptors (Lipinski definition) is 5. The van der Waals surface area contributed by atoms with Crippen LogP contribution in [0.3, 0.4) is 0 Å². The first-order valence-corrected chi connectivity index (χ1v) is 10.6. The van der Waals surface area contributed by atoms with Crippen molar-refractivity contribution >= 4 is 32.5 Å². The van der Waals surface area contributed by atoms with Gasteiger partial charge in [-0.05, 0) is 43.5 Å². The van der Waals surface area contributed by atoms with Gasteiger partial charge < -0.3 is 15.0 Å². The lowest BCUT2D eigenvalue weighted by atomic mass is 10.0. The molecule has 1 aliphatic heterocycles. The Balaban J connectivity index is 1.86. The maximum atomic E-state index is 12.8. The average molecular weight is 377 g/mol. The van der Waals surface area contributed by atoms with Crippen LogP contribution in [0.15, 0.2) is 30.5 Å². The Labute approximate surface area is 153 Å². The molecule has 26 heavy (non-hydrogen) atoms. The lowest BCUT2D eigenvalue weighted by Gasteiger charge is -2.35. The molecule has 0 radical (unpaired) electrons. The molecule has 2 amide bonds. The van der Waals surface area contributed by atoms with Gasteiger partial charge in [0, 0.05) is 30.4 Å². The SMILES string of the molecule is COc1ccc(NC(=O)N2CCCCC2CS(C)(=O)=O)c2cccnc12. The second kappa shape index (κ2) is 7.49. The van der Waals surface area contributed by atoms with Crippen molar-refractivity contribution < 1.29 is 17.9 Å². The third-order valence-electron chi connectivity index (χ3n) is 4.58. The third-order valence-corrected chi connectivity index (χ3v) is 5.57. The van der Waals surface area contributed by atoms with E-state index in [-0.39, 0.29) is 17.8 Å². The number of pyridine rings is 1. The molecular formula is C18H23N3O4S. The van der Waals surface area contributed by atoms with Gasteiger partial charge in [-0.25, -0.2) is 13.2 Å². The molecule has 2 heterocycles. The minimum Gasteiger partial charge on any atom is -0.494 e. The largest absolute Gasteiger partial charge is 0.494 e. The number of ether oxygens (including phenoxy) is 1. The maximum absolute atomic E-state index is 12.8. The molecule has 8 heteroatoms. The standard InChI is InChI=1S/C18H23N3O4S/c1-25-16-9-8-15(14-7-5-10-19-17(14)16)20-18(22)21-11-4-3-6-13(21)12-26(2,23)24/h5,7-10,13H,3-4,6,11-12H2,1-2H3,(H,20,22). The number of sulfone groups is 1. The third kappa shape index (κ3) is 4.07. The first kappa shape index (κ1) is 18.4. The van der Waals surface area contributed by atoms with E-state index in [9.17, 15) is 13.2 Å². The number of nitrogens with zero attached hydrogens (tertiary/aromatic N) is 2. The molecule has 140 valence electrons. The molecule has 1 aliphatic rings. The van der Waals surface area contributed by atoms with Gasteiger partial charge in [-0.1, -0.05) is 0 Å². The summed E-state index contributed by atoms with van der Waals surface area (Å²) in [6, 6.07) is 6.62. The highest BCUT2D eigenvalue weighted by Gasteiger charge is 2.29. The molecule has 0 spiro atoms. The summed E-state index contributed by atoms with van der Waals surface area (Å²) in [5.74, 6) is 0.622. The average Bonchev–Trinajstić information content (AvgIpc) is 2.61. The monoisotopic (exact) mass is 377 g/mol. The molecule has 1 fully saturated rings. The zero-order valence-corrected chi connectivity index (χ0v) is 15.8. The Kier molecular flexibility index (Phi) is 5.31. The number of urea groups is 1. The maximum Gasteiger partial charge on any atom is 0.322 e. The Hall–Kier alpha value is -2.35. The van der Waals surface area contributed by atoms with E-state index in [1.807, 2.05) is 6.07 Å². The van der Waals surface area contributed by atoms with Crippen LogP contribution in [0.2, 0.25) is 0 Å². The van der Waals surface area contributed by atoms with E-state index in [0.717, 1.165) is 18.2 Å². The zero-order chi connectivity index (χ0) is 18.7. The number of rotatable bonds is 4. The summed E-state index contributed by atoms with van der Waals surface area (Å²) < 4.78 is 28.7. The first-order chi connectivity index (χ1) is 12.4. The lowest BCUT2D eigenvalue weighted by Crippen LogP contribution is -2.48. The second-order valence-electron chi connectivity index (χ2n) is 6.58. The van der Waals surface area contributed by atoms with E-state index in [1.165, 1.54) is 6.26 Å². The van der Waals surface area contributed by atoms with Crippen LogP contribution in [-0.2, 0) is 9.84 Å². The molecule has 1 N–H and O–H groups in total. The molecule has 3 rings (SSSR count). The van der Waals surface area contributed by atoms with Crippen molar-refractivity contribution in [1.29, 1.82) is 0 Å². The highest BCUT2D eigenvalue weighted by molar-refractivity contribution is 7.90. The number of nitrogens with one attached hydrogen (secondary N) is 1. The van der Waals surface area contributed by atoms with Gasteiger partial charge >= 0.3 is 6.03 Å². The molecule has 1 unspecified atom stereocenters. The topological polar surface area (TPSA) is 88.6 Å². The van der Waals surface area contributed by atoms with Crippen molar-refractivity contribution in [3.63, 3.8) is 0 Å². The van der Waals surface area contributed by atoms with Crippen molar-refractivity contribution in [3.05, 3.63) is 30.5 Å². The number of aromatic nitrogens is 1. The van der Waals surface area contributed by atoms with Crippen molar-refractivity contribution in [2.24, 2.45) is 0 Å². The summed E-state index contributed by atoms with van der Waals surface area (Å²) >= 11 is 0. The molecule has 2 aromatic rings. The number of fused-ring (bicyclic) bond motifs is 1. The van der Waals surface area contributed by atoms with Gasteiger partial charge in [0.2, 0.25) is 0 Å². The Morgan fingerprint density at radius 1 is 1.35 bits per heavy atom. The van der Waals surface area contributed by atoms with Crippen LogP contribution in [0, 0.1) is 0 Å². The van der Waals surface area contributed by atoms with Gasteiger partial charge in [0.05, 0.1) is 18.6 Å². The van der Waals surface area contributed by atoms with Gasteiger partial charge in [-0.3, -0.25) is 4.98 Å². The van der Waals surface area contributed by atoms with Crippen molar-refractivity contribution in [3.8, 4) is 5.75 Å². The number of anilines is 1. The van der Waals surface area contributed by atoms with E-state index in [0.29, 0.717) is 29.9 Å². The molecule has 0 bridgehead atoms. The minimum absolute atomic E-state index is 0.00860. The molecule has 1 atom stereocenters. The Bertz CT molecular complexity index is 914. The number of carbonyl (C=O) groups is 1. The molecule has 1 aromatic carbocycles. The molecule has 1 aromatic heterocycles. The fourth-order valence-electron chi connectivity index (χ4n) is 3.40. The van der Waals surface area contributed by atoms with Gasteiger partial charge in [0.1, 0.15) is 21.1 Å².